The minimum Gasteiger partial charge on any atom is -0.303 e. The van der Waals surface area contributed by atoms with Crippen molar-refractivity contribution in [2.45, 2.75) is 329 Å². The Kier molecular flexibility index (Phi) is 57.6. The van der Waals surface area contributed by atoms with E-state index in [1.165, 1.54) is 328 Å². The lowest BCUT2D eigenvalue weighted by atomic mass is 10.0. The molecule has 0 aliphatic carbocycles. The van der Waals surface area contributed by atoms with Gasteiger partial charge in [-0.05, 0) is 38.9 Å². The van der Waals surface area contributed by atoms with Gasteiger partial charge in [0.1, 0.15) is 0 Å². The smallest absolute Gasteiger partial charge is 0.00187 e. The van der Waals surface area contributed by atoms with Crippen LogP contribution in [-0.2, 0) is 0 Å². The van der Waals surface area contributed by atoms with Crippen LogP contribution in [0.1, 0.15) is 329 Å². The van der Waals surface area contributed by atoms with E-state index in [4.69, 9.17) is 0 Å². The van der Waals surface area contributed by atoms with Crippen molar-refractivity contribution in [3.8, 4) is 0 Å². The quantitative estimate of drug-likeness (QED) is 0.0553. The topological polar surface area (TPSA) is 3.24 Å². The standard InChI is InChI=1S/C54H111N.ClH/c1-4-7-10-13-16-19-22-25-28-31-34-37-40-43-46-49-52-55(53-50-47-44-41-38-35-32-29-26-23-20-17-14-11-8-5-2)54-51-48-45-42-39-36-33-30-27-24-21-18-15-12-9-6-3;/h4-54H2,1-3H3;1H. The lowest BCUT2D eigenvalue weighted by molar-refractivity contribution is 0.254. The van der Waals surface area contributed by atoms with Gasteiger partial charge in [-0.2, -0.15) is 0 Å². The summed E-state index contributed by atoms with van der Waals surface area (Å²) in [4.78, 5) is 2.89. The van der Waals surface area contributed by atoms with Crippen molar-refractivity contribution in [3.63, 3.8) is 0 Å². The van der Waals surface area contributed by atoms with Crippen molar-refractivity contribution in [3.05, 3.63) is 0 Å². The number of halogens is 1. The van der Waals surface area contributed by atoms with E-state index >= 15 is 0 Å². The summed E-state index contributed by atoms with van der Waals surface area (Å²) in [5, 5.41) is 0. The van der Waals surface area contributed by atoms with Gasteiger partial charge in [0.05, 0.1) is 0 Å². The molecular weight excluding hydrogens is 698 g/mol. The number of hydrogen-bond acceptors (Lipinski definition) is 1. The molecule has 56 heavy (non-hydrogen) atoms. The minimum absolute atomic E-state index is 0. The Balaban J connectivity index is 0. The number of hydrogen-bond donors (Lipinski definition) is 0. The fourth-order valence-electron chi connectivity index (χ4n) is 8.99. The van der Waals surface area contributed by atoms with Gasteiger partial charge in [0.2, 0.25) is 0 Å². The van der Waals surface area contributed by atoms with Crippen molar-refractivity contribution >= 4 is 12.4 Å². The van der Waals surface area contributed by atoms with E-state index in [1.54, 1.807) is 0 Å². The van der Waals surface area contributed by atoms with Gasteiger partial charge in [0, 0.05) is 0 Å². The molecule has 0 aromatic rings. The highest BCUT2D eigenvalue weighted by molar-refractivity contribution is 5.85. The second-order valence-corrected chi connectivity index (χ2v) is 18.8. The SMILES string of the molecule is CCCCCCCCCCCCCCCCCCN(CCCCCCCCCCCCCCCCCC)CCCCCCCCCCCCCCCCCC.Cl. The maximum Gasteiger partial charge on any atom is -0.00187 e. The van der Waals surface area contributed by atoms with Gasteiger partial charge in [-0.25, -0.2) is 0 Å². The molecule has 0 bridgehead atoms. The minimum atomic E-state index is 0. The van der Waals surface area contributed by atoms with Gasteiger partial charge in [-0.3, -0.25) is 0 Å². The van der Waals surface area contributed by atoms with Crippen molar-refractivity contribution in [2.75, 3.05) is 19.6 Å². The molecule has 0 spiro atoms. The summed E-state index contributed by atoms with van der Waals surface area (Å²) in [6, 6.07) is 0. The van der Waals surface area contributed by atoms with Crippen LogP contribution in [0.3, 0.4) is 0 Å². The molecule has 0 heterocycles. The van der Waals surface area contributed by atoms with Crippen LogP contribution in [-0.4, -0.2) is 24.5 Å². The van der Waals surface area contributed by atoms with Crippen molar-refractivity contribution in [1.82, 2.24) is 4.90 Å². The summed E-state index contributed by atoms with van der Waals surface area (Å²) >= 11 is 0. The molecule has 0 amide bonds. The second-order valence-electron chi connectivity index (χ2n) is 18.8. The largest absolute Gasteiger partial charge is 0.303 e. The highest BCUT2D eigenvalue weighted by atomic mass is 35.5. The maximum atomic E-state index is 2.89. The predicted molar refractivity (Wildman–Crippen MR) is 262 cm³/mol. The Morgan fingerprint density at radius 3 is 0.393 bits per heavy atom. The molecule has 0 aromatic heterocycles. The molecule has 0 saturated heterocycles. The van der Waals surface area contributed by atoms with E-state index in [2.05, 4.69) is 25.7 Å². The predicted octanol–water partition coefficient (Wildman–Crippen LogP) is 20.5. The molecular formula is C54H112ClN. The second kappa shape index (κ2) is 55.2. The molecule has 0 aliphatic heterocycles. The molecule has 0 radical (unpaired) electrons. The molecule has 0 N–H and O–H groups in total. The van der Waals surface area contributed by atoms with Crippen LogP contribution in [0.4, 0.5) is 0 Å². The molecule has 1 nitrogen and oxygen atoms in total. The Hall–Kier alpha value is 0.250. The molecule has 0 aliphatic rings. The van der Waals surface area contributed by atoms with E-state index in [9.17, 15) is 0 Å². The van der Waals surface area contributed by atoms with Crippen LogP contribution in [0.2, 0.25) is 0 Å². The third-order valence-electron chi connectivity index (χ3n) is 13.0. The van der Waals surface area contributed by atoms with E-state index in [-0.39, 0.29) is 12.4 Å². The third kappa shape index (κ3) is 52.3. The summed E-state index contributed by atoms with van der Waals surface area (Å²) in [7, 11) is 0. The van der Waals surface area contributed by atoms with E-state index in [0.717, 1.165) is 0 Å². The Bertz CT molecular complexity index is 550. The summed E-state index contributed by atoms with van der Waals surface area (Å²) < 4.78 is 0. The summed E-state index contributed by atoms with van der Waals surface area (Å²) in [6.45, 7) is 11.1. The summed E-state index contributed by atoms with van der Waals surface area (Å²) in [6.07, 6.45) is 70.5. The molecule has 340 valence electrons. The van der Waals surface area contributed by atoms with Gasteiger partial charge in [-0.1, -0.05) is 310 Å². The first kappa shape index (κ1) is 58.3. The summed E-state index contributed by atoms with van der Waals surface area (Å²) in [5.74, 6) is 0. The van der Waals surface area contributed by atoms with Crippen LogP contribution in [0.15, 0.2) is 0 Å². The van der Waals surface area contributed by atoms with Crippen LogP contribution < -0.4 is 0 Å². The number of rotatable bonds is 51. The van der Waals surface area contributed by atoms with Gasteiger partial charge >= 0.3 is 0 Å². The van der Waals surface area contributed by atoms with Crippen molar-refractivity contribution in [1.29, 1.82) is 0 Å². The molecule has 2 heteroatoms. The molecule has 0 fully saturated rings. The first-order valence-electron chi connectivity index (χ1n) is 27.1. The average molecular weight is 811 g/mol. The highest BCUT2D eigenvalue weighted by Crippen LogP contribution is 2.18. The van der Waals surface area contributed by atoms with E-state index in [1.807, 2.05) is 0 Å². The summed E-state index contributed by atoms with van der Waals surface area (Å²) in [5.41, 5.74) is 0. The zero-order valence-corrected chi connectivity index (χ0v) is 40.7. The zero-order valence-electron chi connectivity index (χ0n) is 39.9. The normalized spacial score (nSPS) is 11.6. The number of nitrogens with zero attached hydrogens (tertiary/aromatic N) is 1. The molecule has 0 atom stereocenters. The maximum absolute atomic E-state index is 2.89. The van der Waals surface area contributed by atoms with Crippen LogP contribution in [0.25, 0.3) is 0 Å². The fraction of sp³-hybridized carbons (Fsp3) is 1.00. The lowest BCUT2D eigenvalue weighted by Crippen LogP contribution is -2.27. The average Bonchev–Trinajstić information content (AvgIpc) is 3.20. The molecule has 0 saturated carbocycles. The molecule has 0 aromatic carbocycles. The van der Waals surface area contributed by atoms with E-state index in [0.29, 0.717) is 0 Å². The number of unbranched alkanes of at least 4 members (excludes halogenated alkanes) is 45. The third-order valence-corrected chi connectivity index (χ3v) is 13.0. The molecule has 0 rings (SSSR count). The monoisotopic (exact) mass is 810 g/mol. The molecule has 0 unspecified atom stereocenters. The van der Waals surface area contributed by atoms with E-state index < -0.39 is 0 Å². The van der Waals surface area contributed by atoms with Gasteiger partial charge in [-0.15, -0.1) is 12.4 Å². The van der Waals surface area contributed by atoms with Crippen LogP contribution in [0, 0.1) is 0 Å². The first-order valence-corrected chi connectivity index (χ1v) is 27.1. The van der Waals surface area contributed by atoms with Gasteiger partial charge in [0.15, 0.2) is 0 Å². The van der Waals surface area contributed by atoms with Crippen LogP contribution in [0.5, 0.6) is 0 Å². The lowest BCUT2D eigenvalue weighted by Gasteiger charge is -2.22. The Morgan fingerprint density at radius 1 is 0.161 bits per heavy atom. The first-order chi connectivity index (χ1) is 27.3. The van der Waals surface area contributed by atoms with Crippen molar-refractivity contribution in [2.24, 2.45) is 0 Å². The van der Waals surface area contributed by atoms with Crippen LogP contribution >= 0.6 is 12.4 Å². The van der Waals surface area contributed by atoms with Crippen molar-refractivity contribution < 1.29 is 0 Å². The highest BCUT2D eigenvalue weighted by Gasteiger charge is 2.06. The Labute approximate surface area is 364 Å². The Morgan fingerprint density at radius 2 is 0.268 bits per heavy atom. The fourth-order valence-corrected chi connectivity index (χ4v) is 8.99. The zero-order chi connectivity index (χ0) is 39.6. The van der Waals surface area contributed by atoms with Gasteiger partial charge in [0.25, 0.3) is 0 Å². The van der Waals surface area contributed by atoms with Gasteiger partial charge < -0.3 is 4.90 Å².